The molecule has 2 heterocycles. The van der Waals surface area contributed by atoms with Crippen molar-refractivity contribution in [1.82, 2.24) is 9.55 Å². The van der Waals surface area contributed by atoms with Crippen LogP contribution in [0.25, 0.3) is 15.8 Å². The Kier molecular flexibility index (Phi) is 3.39. The minimum Gasteiger partial charge on any atom is -0.464 e. The fraction of sp³-hybridized carbons (Fsp3) is 0.200. The fourth-order valence-corrected chi connectivity index (χ4v) is 3.12. The van der Waals surface area contributed by atoms with Crippen molar-refractivity contribution in [3.8, 4) is 5.69 Å². The normalized spacial score (nSPS) is 11.0. The van der Waals surface area contributed by atoms with Gasteiger partial charge in [-0.3, -0.25) is 4.57 Å². The van der Waals surface area contributed by atoms with Crippen molar-refractivity contribution in [1.29, 1.82) is 0 Å². The van der Waals surface area contributed by atoms with Crippen molar-refractivity contribution >= 4 is 33.2 Å². The molecular weight excluding hydrogens is 286 g/mol. The van der Waals surface area contributed by atoms with Gasteiger partial charge in [0.05, 0.1) is 7.11 Å². The SMILES string of the molecule is CCc1nc(C(=O)OC)c(N)n1-c1ccc2sccc2c1. The third kappa shape index (κ3) is 2.17. The lowest BCUT2D eigenvalue weighted by Gasteiger charge is -2.09. The Morgan fingerprint density at radius 2 is 2.24 bits per heavy atom. The topological polar surface area (TPSA) is 70.1 Å². The number of aromatic nitrogens is 2. The van der Waals surface area contributed by atoms with Crippen LogP contribution in [0.15, 0.2) is 29.6 Å². The standard InChI is InChI=1S/C15H15N3O2S/c1-3-12-17-13(15(19)20-2)14(16)18(12)10-4-5-11-9(8-10)6-7-21-11/h4-8H,3,16H2,1-2H3. The molecule has 0 saturated heterocycles. The molecule has 3 rings (SSSR count). The van der Waals surface area contributed by atoms with Crippen LogP contribution < -0.4 is 5.73 Å². The van der Waals surface area contributed by atoms with Crippen LogP contribution >= 0.6 is 11.3 Å². The van der Waals surface area contributed by atoms with Crippen molar-refractivity contribution in [2.45, 2.75) is 13.3 Å². The number of methoxy groups -OCH3 is 1. The van der Waals surface area contributed by atoms with Crippen molar-refractivity contribution in [2.24, 2.45) is 0 Å². The highest BCUT2D eigenvalue weighted by Crippen LogP contribution is 2.27. The summed E-state index contributed by atoms with van der Waals surface area (Å²) in [5.74, 6) is 0.535. The Morgan fingerprint density at radius 3 is 2.95 bits per heavy atom. The number of hydrogen-bond donors (Lipinski definition) is 1. The molecule has 0 aliphatic rings. The van der Waals surface area contributed by atoms with Gasteiger partial charge in [0.2, 0.25) is 0 Å². The maximum absolute atomic E-state index is 11.7. The van der Waals surface area contributed by atoms with Crippen LogP contribution in [0.5, 0.6) is 0 Å². The molecule has 1 aromatic carbocycles. The van der Waals surface area contributed by atoms with E-state index < -0.39 is 5.97 Å². The summed E-state index contributed by atoms with van der Waals surface area (Å²) in [6.07, 6.45) is 0.670. The molecule has 108 valence electrons. The number of nitrogens with two attached hydrogens (primary N) is 1. The number of thiophene rings is 1. The number of carbonyl (C=O) groups is 1. The van der Waals surface area contributed by atoms with Crippen LogP contribution in [-0.2, 0) is 11.2 Å². The number of fused-ring (bicyclic) bond motifs is 1. The smallest absolute Gasteiger partial charge is 0.360 e. The Morgan fingerprint density at radius 1 is 1.43 bits per heavy atom. The van der Waals surface area contributed by atoms with Crippen LogP contribution in [0, 0.1) is 0 Å². The molecule has 0 fully saturated rings. The Labute approximate surface area is 126 Å². The highest BCUT2D eigenvalue weighted by molar-refractivity contribution is 7.17. The second kappa shape index (κ2) is 5.21. The molecule has 3 aromatic rings. The number of imidazole rings is 1. The summed E-state index contributed by atoms with van der Waals surface area (Å²) in [5, 5.41) is 3.19. The van der Waals surface area contributed by atoms with Gasteiger partial charge in [-0.05, 0) is 35.0 Å². The number of ether oxygens (including phenoxy) is 1. The van der Waals surface area contributed by atoms with Crippen LogP contribution in [0.4, 0.5) is 5.82 Å². The quantitative estimate of drug-likeness (QED) is 0.755. The van der Waals surface area contributed by atoms with Gasteiger partial charge >= 0.3 is 5.97 Å². The maximum atomic E-state index is 11.7. The van der Waals surface area contributed by atoms with Crippen molar-refractivity contribution in [3.05, 3.63) is 41.2 Å². The fourth-order valence-electron chi connectivity index (χ4n) is 2.35. The van der Waals surface area contributed by atoms with E-state index in [4.69, 9.17) is 10.5 Å². The molecule has 2 N–H and O–H groups in total. The van der Waals surface area contributed by atoms with Crippen molar-refractivity contribution in [2.75, 3.05) is 12.8 Å². The van der Waals surface area contributed by atoms with Gasteiger partial charge in [0, 0.05) is 16.8 Å². The molecule has 0 spiro atoms. The molecule has 0 atom stereocenters. The van der Waals surface area contributed by atoms with E-state index in [1.54, 1.807) is 11.3 Å². The maximum Gasteiger partial charge on any atom is 0.360 e. The number of hydrogen-bond acceptors (Lipinski definition) is 5. The van der Waals surface area contributed by atoms with Gasteiger partial charge in [-0.1, -0.05) is 6.92 Å². The summed E-state index contributed by atoms with van der Waals surface area (Å²) in [5.41, 5.74) is 7.18. The minimum atomic E-state index is -0.516. The van der Waals surface area contributed by atoms with E-state index in [1.165, 1.54) is 11.8 Å². The first-order valence-electron chi connectivity index (χ1n) is 6.58. The molecule has 0 aliphatic carbocycles. The second-order valence-corrected chi connectivity index (χ2v) is 5.53. The van der Waals surface area contributed by atoms with Crippen LogP contribution in [0.2, 0.25) is 0 Å². The molecule has 21 heavy (non-hydrogen) atoms. The van der Waals surface area contributed by atoms with E-state index in [0.717, 1.165) is 16.9 Å². The summed E-state index contributed by atoms with van der Waals surface area (Å²) in [7, 11) is 1.32. The monoisotopic (exact) mass is 301 g/mol. The second-order valence-electron chi connectivity index (χ2n) is 4.59. The van der Waals surface area contributed by atoms with Gasteiger partial charge in [-0.25, -0.2) is 9.78 Å². The number of rotatable bonds is 3. The molecule has 2 aromatic heterocycles. The predicted molar refractivity (Wildman–Crippen MR) is 84.1 cm³/mol. The predicted octanol–water partition coefficient (Wildman–Crippen LogP) is 3.02. The van der Waals surface area contributed by atoms with Crippen LogP contribution in [-0.4, -0.2) is 22.6 Å². The molecule has 6 heteroatoms. The molecule has 0 saturated carbocycles. The molecule has 0 bridgehead atoms. The van der Waals surface area contributed by atoms with E-state index >= 15 is 0 Å². The van der Waals surface area contributed by atoms with Gasteiger partial charge in [-0.2, -0.15) is 0 Å². The summed E-state index contributed by atoms with van der Waals surface area (Å²) < 4.78 is 7.75. The first-order valence-corrected chi connectivity index (χ1v) is 7.46. The lowest BCUT2D eigenvalue weighted by Crippen LogP contribution is -2.08. The average molecular weight is 301 g/mol. The number of carbonyl (C=O) groups excluding carboxylic acids is 1. The lowest BCUT2D eigenvalue weighted by atomic mass is 10.2. The zero-order valence-corrected chi connectivity index (χ0v) is 12.6. The van der Waals surface area contributed by atoms with Crippen molar-refractivity contribution in [3.63, 3.8) is 0 Å². The number of benzene rings is 1. The zero-order chi connectivity index (χ0) is 15.0. The van der Waals surface area contributed by atoms with E-state index in [1.807, 2.05) is 35.1 Å². The number of nitrogens with zero attached hydrogens (tertiary/aromatic N) is 2. The minimum absolute atomic E-state index is 0.166. The van der Waals surface area contributed by atoms with E-state index in [-0.39, 0.29) is 5.69 Å². The van der Waals surface area contributed by atoms with Gasteiger partial charge in [0.25, 0.3) is 0 Å². The third-order valence-electron chi connectivity index (χ3n) is 3.37. The van der Waals surface area contributed by atoms with Gasteiger partial charge in [0.15, 0.2) is 5.69 Å². The number of esters is 1. The van der Waals surface area contributed by atoms with Crippen LogP contribution in [0.1, 0.15) is 23.2 Å². The Bertz CT molecular complexity index is 820. The first-order chi connectivity index (χ1) is 10.2. The number of anilines is 1. The van der Waals surface area contributed by atoms with E-state index in [0.29, 0.717) is 12.2 Å². The van der Waals surface area contributed by atoms with Gasteiger partial charge < -0.3 is 10.5 Å². The lowest BCUT2D eigenvalue weighted by molar-refractivity contribution is 0.0596. The van der Waals surface area contributed by atoms with Gasteiger partial charge in [-0.15, -0.1) is 11.3 Å². The molecule has 0 unspecified atom stereocenters. The number of aryl methyl sites for hydroxylation is 1. The first kappa shape index (κ1) is 13.6. The summed E-state index contributed by atoms with van der Waals surface area (Å²) in [4.78, 5) is 16.1. The van der Waals surface area contributed by atoms with Crippen LogP contribution in [0.3, 0.4) is 0 Å². The van der Waals surface area contributed by atoms with E-state index in [2.05, 4.69) is 11.1 Å². The largest absolute Gasteiger partial charge is 0.464 e. The van der Waals surface area contributed by atoms with Crippen molar-refractivity contribution < 1.29 is 9.53 Å². The number of nitrogen functional groups attached to an aromatic ring is 1. The molecular formula is C15H15N3O2S. The summed E-state index contributed by atoms with van der Waals surface area (Å²) >= 11 is 1.69. The summed E-state index contributed by atoms with van der Waals surface area (Å²) in [6.45, 7) is 1.97. The molecule has 0 aliphatic heterocycles. The van der Waals surface area contributed by atoms with E-state index in [9.17, 15) is 4.79 Å². The Balaban J connectivity index is 2.20. The summed E-state index contributed by atoms with van der Waals surface area (Å²) in [6, 6.07) is 8.14. The van der Waals surface area contributed by atoms with Gasteiger partial charge in [0.1, 0.15) is 11.6 Å². The highest BCUT2D eigenvalue weighted by Gasteiger charge is 2.21. The zero-order valence-electron chi connectivity index (χ0n) is 11.8. The Hall–Kier alpha value is -2.34. The average Bonchev–Trinajstić information content (AvgIpc) is 3.09. The molecule has 5 nitrogen and oxygen atoms in total. The molecule has 0 amide bonds. The third-order valence-corrected chi connectivity index (χ3v) is 4.27. The highest BCUT2D eigenvalue weighted by atomic mass is 32.1. The molecule has 0 radical (unpaired) electrons.